The van der Waals surface area contributed by atoms with Gasteiger partial charge in [-0.1, -0.05) is 30.3 Å². The Hall–Kier alpha value is -1.82. The minimum atomic E-state index is -0.553. The average Bonchev–Trinajstić information content (AvgIpc) is 3.13. The Morgan fingerprint density at radius 1 is 1.20 bits per heavy atom. The van der Waals surface area contributed by atoms with Crippen molar-refractivity contribution < 1.29 is 9.90 Å². The summed E-state index contributed by atoms with van der Waals surface area (Å²) in [5, 5.41) is 16.4. The SMILES string of the molecule is Cl.O=C(NCCC(O)c1ccccc1)c1cccn1C1CCNCC1. The van der Waals surface area contributed by atoms with Crippen molar-refractivity contribution in [2.45, 2.75) is 31.4 Å². The molecule has 1 aromatic heterocycles. The number of nitrogens with one attached hydrogen (secondary N) is 2. The Balaban J connectivity index is 0.00000225. The maximum atomic E-state index is 12.5. The van der Waals surface area contributed by atoms with Gasteiger partial charge in [0, 0.05) is 18.8 Å². The highest BCUT2D eigenvalue weighted by atomic mass is 35.5. The Morgan fingerprint density at radius 2 is 1.92 bits per heavy atom. The normalized spacial score (nSPS) is 16.0. The third-order valence-corrected chi connectivity index (χ3v) is 4.60. The molecule has 0 bridgehead atoms. The van der Waals surface area contributed by atoms with Gasteiger partial charge in [-0.25, -0.2) is 0 Å². The lowest BCUT2D eigenvalue weighted by Crippen LogP contribution is -2.33. The van der Waals surface area contributed by atoms with Crippen LogP contribution in [0.1, 0.15) is 47.5 Å². The van der Waals surface area contributed by atoms with Gasteiger partial charge < -0.3 is 20.3 Å². The zero-order valence-electron chi connectivity index (χ0n) is 14.2. The zero-order chi connectivity index (χ0) is 16.8. The number of amides is 1. The fraction of sp³-hybridized carbons (Fsp3) is 0.421. The molecule has 0 spiro atoms. The molecule has 1 aliphatic rings. The standard InChI is InChI=1S/C19H25N3O2.ClH/c23-18(15-5-2-1-3-6-15)10-13-21-19(24)17-7-4-14-22(17)16-8-11-20-12-9-16;/h1-7,14,16,18,20,23H,8-13H2,(H,21,24);1H. The molecule has 3 N–H and O–H groups in total. The second-order valence-corrected chi connectivity index (χ2v) is 6.25. The summed E-state index contributed by atoms with van der Waals surface area (Å²) in [6, 6.07) is 13.7. The van der Waals surface area contributed by atoms with Crippen LogP contribution in [0.4, 0.5) is 0 Å². The molecular formula is C19H26ClN3O2. The highest BCUT2D eigenvalue weighted by Crippen LogP contribution is 2.21. The van der Waals surface area contributed by atoms with Gasteiger partial charge in [-0.05, 0) is 50.0 Å². The third kappa shape index (κ3) is 5.08. The van der Waals surface area contributed by atoms with E-state index in [0.29, 0.717) is 24.7 Å². The number of rotatable bonds is 6. The van der Waals surface area contributed by atoms with Crippen LogP contribution in [0.25, 0.3) is 0 Å². The van der Waals surface area contributed by atoms with E-state index in [1.165, 1.54) is 0 Å². The second-order valence-electron chi connectivity index (χ2n) is 6.25. The Bertz CT molecular complexity index is 654. The largest absolute Gasteiger partial charge is 0.388 e. The van der Waals surface area contributed by atoms with Crippen molar-refractivity contribution in [3.63, 3.8) is 0 Å². The van der Waals surface area contributed by atoms with Crippen LogP contribution >= 0.6 is 12.4 Å². The Kier molecular flexibility index (Phi) is 7.50. The van der Waals surface area contributed by atoms with Crippen LogP contribution in [0.2, 0.25) is 0 Å². The number of carbonyl (C=O) groups is 1. The lowest BCUT2D eigenvalue weighted by atomic mass is 10.1. The van der Waals surface area contributed by atoms with E-state index in [4.69, 9.17) is 0 Å². The second kappa shape index (κ2) is 9.61. The summed E-state index contributed by atoms with van der Waals surface area (Å²) in [6.07, 6.45) is 4.03. The number of benzene rings is 1. The van der Waals surface area contributed by atoms with Gasteiger partial charge >= 0.3 is 0 Å². The maximum absolute atomic E-state index is 12.5. The molecule has 0 radical (unpaired) electrons. The quantitative estimate of drug-likeness (QED) is 0.739. The molecule has 1 atom stereocenters. The predicted molar refractivity (Wildman–Crippen MR) is 101 cm³/mol. The van der Waals surface area contributed by atoms with Crippen molar-refractivity contribution in [2.75, 3.05) is 19.6 Å². The van der Waals surface area contributed by atoms with Gasteiger partial charge in [0.2, 0.25) is 0 Å². The smallest absolute Gasteiger partial charge is 0.267 e. The van der Waals surface area contributed by atoms with Crippen molar-refractivity contribution in [1.82, 2.24) is 15.2 Å². The first kappa shape index (κ1) is 19.5. The summed E-state index contributed by atoms with van der Waals surface area (Å²) in [4.78, 5) is 12.5. The van der Waals surface area contributed by atoms with Crippen LogP contribution in [0.3, 0.4) is 0 Å². The van der Waals surface area contributed by atoms with Gasteiger partial charge in [0.05, 0.1) is 6.10 Å². The van der Waals surface area contributed by atoms with Gasteiger partial charge in [-0.3, -0.25) is 4.79 Å². The number of hydrogen-bond acceptors (Lipinski definition) is 3. The first-order valence-corrected chi connectivity index (χ1v) is 8.64. The first-order chi connectivity index (χ1) is 11.8. The van der Waals surface area contributed by atoms with E-state index >= 15 is 0 Å². The van der Waals surface area contributed by atoms with Gasteiger partial charge in [0.15, 0.2) is 0 Å². The van der Waals surface area contributed by atoms with E-state index in [0.717, 1.165) is 31.5 Å². The molecule has 136 valence electrons. The maximum Gasteiger partial charge on any atom is 0.267 e. The summed E-state index contributed by atoms with van der Waals surface area (Å²) in [5.41, 5.74) is 1.58. The van der Waals surface area contributed by atoms with Crippen LogP contribution in [0.15, 0.2) is 48.7 Å². The van der Waals surface area contributed by atoms with Crippen molar-refractivity contribution in [1.29, 1.82) is 0 Å². The number of halogens is 1. The summed E-state index contributed by atoms with van der Waals surface area (Å²) >= 11 is 0. The molecule has 25 heavy (non-hydrogen) atoms. The van der Waals surface area contributed by atoms with Crippen molar-refractivity contribution in [2.24, 2.45) is 0 Å². The molecule has 5 nitrogen and oxygen atoms in total. The predicted octanol–water partition coefficient (Wildman–Crippen LogP) is 2.69. The van der Waals surface area contributed by atoms with Crippen LogP contribution in [0, 0.1) is 0 Å². The fourth-order valence-corrected chi connectivity index (χ4v) is 3.24. The van der Waals surface area contributed by atoms with Crippen molar-refractivity contribution in [3.8, 4) is 0 Å². The topological polar surface area (TPSA) is 66.3 Å². The molecular weight excluding hydrogens is 338 g/mol. The minimum Gasteiger partial charge on any atom is -0.388 e. The fourth-order valence-electron chi connectivity index (χ4n) is 3.24. The number of piperidine rings is 1. The number of hydrogen-bond donors (Lipinski definition) is 3. The van der Waals surface area contributed by atoms with E-state index in [9.17, 15) is 9.90 Å². The van der Waals surface area contributed by atoms with Crippen molar-refractivity contribution >= 4 is 18.3 Å². The number of nitrogens with zero attached hydrogens (tertiary/aromatic N) is 1. The molecule has 1 unspecified atom stereocenters. The number of carbonyl (C=O) groups excluding carboxylic acids is 1. The molecule has 1 amide bonds. The van der Waals surface area contributed by atoms with E-state index < -0.39 is 6.10 Å². The van der Waals surface area contributed by atoms with E-state index in [-0.39, 0.29) is 18.3 Å². The third-order valence-electron chi connectivity index (χ3n) is 4.60. The molecule has 1 aliphatic heterocycles. The molecule has 2 heterocycles. The highest BCUT2D eigenvalue weighted by Gasteiger charge is 2.19. The van der Waals surface area contributed by atoms with Gasteiger partial charge in [-0.15, -0.1) is 12.4 Å². The molecule has 1 saturated heterocycles. The lowest BCUT2D eigenvalue weighted by Gasteiger charge is -2.26. The highest BCUT2D eigenvalue weighted by molar-refractivity contribution is 5.92. The molecule has 3 rings (SSSR count). The number of aliphatic hydroxyl groups is 1. The summed E-state index contributed by atoms with van der Waals surface area (Å²) in [7, 11) is 0. The van der Waals surface area contributed by atoms with E-state index in [2.05, 4.69) is 15.2 Å². The number of aliphatic hydroxyl groups excluding tert-OH is 1. The molecule has 1 aromatic carbocycles. The molecule has 2 aromatic rings. The van der Waals surface area contributed by atoms with Crippen LogP contribution in [0.5, 0.6) is 0 Å². The van der Waals surface area contributed by atoms with E-state index in [1.807, 2.05) is 48.7 Å². The average molecular weight is 364 g/mol. The lowest BCUT2D eigenvalue weighted by molar-refractivity contribution is 0.0930. The summed E-state index contributed by atoms with van der Waals surface area (Å²) < 4.78 is 2.09. The molecule has 0 saturated carbocycles. The molecule has 1 fully saturated rings. The van der Waals surface area contributed by atoms with E-state index in [1.54, 1.807) is 0 Å². The van der Waals surface area contributed by atoms with Crippen LogP contribution < -0.4 is 10.6 Å². The van der Waals surface area contributed by atoms with Gasteiger partial charge in [0.25, 0.3) is 5.91 Å². The number of aromatic nitrogens is 1. The summed E-state index contributed by atoms with van der Waals surface area (Å²) in [6.45, 7) is 2.44. The van der Waals surface area contributed by atoms with Crippen LogP contribution in [-0.2, 0) is 0 Å². The monoisotopic (exact) mass is 363 g/mol. The Labute approximate surface area is 154 Å². The Morgan fingerprint density at radius 3 is 2.64 bits per heavy atom. The van der Waals surface area contributed by atoms with Crippen LogP contribution in [-0.4, -0.2) is 35.2 Å². The van der Waals surface area contributed by atoms with Gasteiger partial charge in [-0.2, -0.15) is 0 Å². The summed E-state index contributed by atoms with van der Waals surface area (Å²) in [5.74, 6) is -0.0706. The molecule has 0 aliphatic carbocycles. The minimum absolute atomic E-state index is 0. The first-order valence-electron chi connectivity index (χ1n) is 8.64. The zero-order valence-corrected chi connectivity index (χ0v) is 15.0. The van der Waals surface area contributed by atoms with Gasteiger partial charge in [0.1, 0.15) is 5.69 Å². The van der Waals surface area contributed by atoms with Crippen molar-refractivity contribution in [3.05, 3.63) is 59.9 Å². The molecule has 6 heteroatoms.